The Labute approximate surface area is 128 Å². The number of rotatable bonds is 7. The number of hydrogen-bond acceptors (Lipinski definition) is 2. The minimum Gasteiger partial charge on any atom is -0.489 e. The maximum Gasteiger partial charge on any atom is 0.123 e. The number of halogens is 1. The van der Waals surface area contributed by atoms with Crippen LogP contribution in [0.5, 0.6) is 5.75 Å². The van der Waals surface area contributed by atoms with Crippen LogP contribution >= 0.6 is 11.6 Å². The van der Waals surface area contributed by atoms with Gasteiger partial charge in [-0.25, -0.2) is 0 Å². The summed E-state index contributed by atoms with van der Waals surface area (Å²) in [4.78, 5) is 0. The molecule has 0 spiro atoms. The van der Waals surface area contributed by atoms with Crippen LogP contribution in [0.3, 0.4) is 0 Å². The second-order valence-electron chi connectivity index (χ2n) is 6.27. The predicted molar refractivity (Wildman–Crippen MR) is 88.1 cm³/mol. The Morgan fingerprint density at radius 1 is 1.10 bits per heavy atom. The molecule has 0 bridgehead atoms. The summed E-state index contributed by atoms with van der Waals surface area (Å²) in [6.45, 7) is 14.7. The molecule has 20 heavy (non-hydrogen) atoms. The first-order valence-corrected chi connectivity index (χ1v) is 7.86. The first kappa shape index (κ1) is 17.3. The van der Waals surface area contributed by atoms with Crippen molar-refractivity contribution in [1.29, 1.82) is 0 Å². The largest absolute Gasteiger partial charge is 0.489 e. The Balaban J connectivity index is 2.69. The number of ether oxygens (including phenoxy) is 1. The molecular formula is C17H28ClNO. The van der Waals surface area contributed by atoms with Gasteiger partial charge in [0.1, 0.15) is 11.9 Å². The Morgan fingerprint density at radius 3 is 2.30 bits per heavy atom. The van der Waals surface area contributed by atoms with E-state index in [1.54, 1.807) is 0 Å². The number of benzene rings is 1. The molecule has 3 heteroatoms. The van der Waals surface area contributed by atoms with Crippen LogP contribution in [0.1, 0.15) is 51.7 Å². The molecule has 1 aromatic carbocycles. The molecule has 0 radical (unpaired) electrons. The highest BCUT2D eigenvalue weighted by atomic mass is 35.5. The molecule has 0 aromatic heterocycles. The Bertz CT molecular complexity index is 429. The Hall–Kier alpha value is -0.730. The van der Waals surface area contributed by atoms with Crippen LogP contribution in [0.2, 0.25) is 5.02 Å². The lowest BCUT2D eigenvalue weighted by molar-refractivity contribution is 0.214. The van der Waals surface area contributed by atoms with Gasteiger partial charge in [-0.2, -0.15) is 0 Å². The van der Waals surface area contributed by atoms with Gasteiger partial charge < -0.3 is 10.1 Å². The van der Waals surface area contributed by atoms with Crippen LogP contribution in [-0.4, -0.2) is 19.2 Å². The van der Waals surface area contributed by atoms with Gasteiger partial charge >= 0.3 is 0 Å². The fourth-order valence-corrected chi connectivity index (χ4v) is 2.51. The summed E-state index contributed by atoms with van der Waals surface area (Å²) in [5, 5.41) is 4.25. The standard InChI is InChI=1S/C17H28ClNO/c1-11(2)9-19-10-14(6)20-17-8-15(12(3)4)16(18)7-13(17)5/h7-8,11-12,14,19H,9-10H2,1-6H3. The van der Waals surface area contributed by atoms with Gasteiger partial charge in [-0.1, -0.05) is 39.3 Å². The molecule has 0 aliphatic rings. The second kappa shape index (κ2) is 7.90. The molecule has 114 valence electrons. The molecule has 1 N–H and O–H groups in total. The maximum absolute atomic E-state index is 6.28. The molecule has 0 amide bonds. The molecule has 1 atom stereocenters. The van der Waals surface area contributed by atoms with Crippen LogP contribution in [0.15, 0.2) is 12.1 Å². The van der Waals surface area contributed by atoms with E-state index in [4.69, 9.17) is 16.3 Å². The fraction of sp³-hybridized carbons (Fsp3) is 0.647. The number of hydrogen-bond donors (Lipinski definition) is 1. The van der Waals surface area contributed by atoms with Gasteiger partial charge in [-0.15, -0.1) is 0 Å². The van der Waals surface area contributed by atoms with Gasteiger partial charge in [0.2, 0.25) is 0 Å². The van der Waals surface area contributed by atoms with Gasteiger partial charge in [-0.3, -0.25) is 0 Å². The third kappa shape index (κ3) is 5.34. The molecule has 1 aromatic rings. The summed E-state index contributed by atoms with van der Waals surface area (Å²) in [7, 11) is 0. The van der Waals surface area contributed by atoms with Crippen molar-refractivity contribution in [1.82, 2.24) is 5.32 Å². The molecule has 0 saturated carbocycles. The number of aryl methyl sites for hydroxylation is 1. The third-order valence-corrected chi connectivity index (χ3v) is 3.56. The van der Waals surface area contributed by atoms with Crippen molar-refractivity contribution in [2.75, 3.05) is 13.1 Å². The topological polar surface area (TPSA) is 21.3 Å². The minimum absolute atomic E-state index is 0.147. The van der Waals surface area contributed by atoms with E-state index in [9.17, 15) is 0 Å². The lowest BCUT2D eigenvalue weighted by atomic mass is 10.0. The van der Waals surface area contributed by atoms with E-state index < -0.39 is 0 Å². The highest BCUT2D eigenvalue weighted by Crippen LogP contribution is 2.31. The zero-order valence-electron chi connectivity index (χ0n) is 13.6. The lowest BCUT2D eigenvalue weighted by Gasteiger charge is -2.20. The SMILES string of the molecule is Cc1cc(Cl)c(C(C)C)cc1OC(C)CNCC(C)C. The molecule has 1 unspecified atom stereocenters. The van der Waals surface area contributed by atoms with Crippen molar-refractivity contribution >= 4 is 11.6 Å². The molecule has 0 heterocycles. The fourth-order valence-electron chi connectivity index (χ4n) is 2.07. The average molecular weight is 298 g/mol. The monoisotopic (exact) mass is 297 g/mol. The first-order chi connectivity index (χ1) is 9.31. The normalized spacial score (nSPS) is 13.1. The van der Waals surface area contributed by atoms with E-state index >= 15 is 0 Å². The molecular weight excluding hydrogens is 270 g/mol. The van der Waals surface area contributed by atoms with E-state index in [-0.39, 0.29) is 6.10 Å². The van der Waals surface area contributed by atoms with Gasteiger partial charge in [-0.05, 0) is 55.5 Å². The smallest absolute Gasteiger partial charge is 0.123 e. The van der Waals surface area contributed by atoms with E-state index in [0.29, 0.717) is 11.8 Å². The first-order valence-electron chi connectivity index (χ1n) is 7.48. The molecule has 0 aliphatic carbocycles. The van der Waals surface area contributed by atoms with Crippen molar-refractivity contribution in [2.45, 2.75) is 53.6 Å². The van der Waals surface area contributed by atoms with Crippen LogP contribution in [0.4, 0.5) is 0 Å². The molecule has 2 nitrogen and oxygen atoms in total. The van der Waals surface area contributed by atoms with Gasteiger partial charge in [0.15, 0.2) is 0 Å². The van der Waals surface area contributed by atoms with E-state index in [2.05, 4.69) is 46.0 Å². The summed E-state index contributed by atoms with van der Waals surface area (Å²) < 4.78 is 6.05. The number of nitrogens with one attached hydrogen (secondary N) is 1. The maximum atomic E-state index is 6.28. The minimum atomic E-state index is 0.147. The average Bonchev–Trinajstić information content (AvgIpc) is 2.31. The van der Waals surface area contributed by atoms with Gasteiger partial charge in [0.05, 0.1) is 0 Å². The quantitative estimate of drug-likeness (QED) is 0.781. The zero-order chi connectivity index (χ0) is 15.3. The second-order valence-corrected chi connectivity index (χ2v) is 6.68. The van der Waals surface area contributed by atoms with Gasteiger partial charge in [0, 0.05) is 11.6 Å². The Kier molecular flexibility index (Phi) is 6.84. The summed E-state index contributed by atoms with van der Waals surface area (Å²) in [6.07, 6.45) is 0.147. The van der Waals surface area contributed by atoms with Gasteiger partial charge in [0.25, 0.3) is 0 Å². The molecule has 0 fully saturated rings. The van der Waals surface area contributed by atoms with Crippen LogP contribution in [0.25, 0.3) is 0 Å². The van der Waals surface area contributed by atoms with Crippen molar-refractivity contribution in [3.05, 3.63) is 28.3 Å². The Morgan fingerprint density at radius 2 is 1.75 bits per heavy atom. The summed E-state index contributed by atoms with van der Waals surface area (Å²) in [5.74, 6) is 2.00. The summed E-state index contributed by atoms with van der Waals surface area (Å²) in [6, 6.07) is 4.09. The van der Waals surface area contributed by atoms with E-state index in [0.717, 1.165) is 35.0 Å². The summed E-state index contributed by atoms with van der Waals surface area (Å²) >= 11 is 6.28. The molecule has 0 saturated heterocycles. The van der Waals surface area contributed by atoms with Crippen molar-refractivity contribution in [3.63, 3.8) is 0 Å². The van der Waals surface area contributed by atoms with Crippen LogP contribution in [0, 0.1) is 12.8 Å². The predicted octanol–water partition coefficient (Wildman–Crippen LogP) is 4.78. The van der Waals surface area contributed by atoms with Crippen molar-refractivity contribution in [2.24, 2.45) is 5.92 Å². The van der Waals surface area contributed by atoms with E-state index in [1.807, 2.05) is 13.0 Å². The van der Waals surface area contributed by atoms with Crippen molar-refractivity contribution in [3.8, 4) is 5.75 Å². The van der Waals surface area contributed by atoms with E-state index in [1.165, 1.54) is 0 Å². The van der Waals surface area contributed by atoms with Crippen molar-refractivity contribution < 1.29 is 4.74 Å². The third-order valence-electron chi connectivity index (χ3n) is 3.23. The highest BCUT2D eigenvalue weighted by Gasteiger charge is 2.12. The molecule has 0 aliphatic heterocycles. The lowest BCUT2D eigenvalue weighted by Crippen LogP contribution is -2.31. The summed E-state index contributed by atoms with van der Waals surface area (Å²) in [5.41, 5.74) is 2.24. The highest BCUT2D eigenvalue weighted by molar-refractivity contribution is 6.31. The zero-order valence-corrected chi connectivity index (χ0v) is 14.3. The van der Waals surface area contributed by atoms with Crippen LogP contribution in [-0.2, 0) is 0 Å². The van der Waals surface area contributed by atoms with Crippen LogP contribution < -0.4 is 10.1 Å². The molecule has 1 rings (SSSR count).